The highest BCUT2D eigenvalue weighted by atomic mass is 19.1. The summed E-state index contributed by atoms with van der Waals surface area (Å²) in [6, 6.07) is 2.44. The number of halogens is 1. The van der Waals surface area contributed by atoms with Gasteiger partial charge in [-0.1, -0.05) is 13.8 Å². The Balaban J connectivity index is 2.80. The van der Waals surface area contributed by atoms with E-state index >= 15 is 0 Å². The van der Waals surface area contributed by atoms with Crippen LogP contribution in [0, 0.1) is 11.7 Å². The second kappa shape index (κ2) is 4.98. The number of hydrogen-bond donors (Lipinski definition) is 1. The monoisotopic (exact) mass is 210 g/mol. The maximum absolute atomic E-state index is 12.6. The summed E-state index contributed by atoms with van der Waals surface area (Å²) in [6.07, 6.45) is 1.77. The lowest BCUT2D eigenvalue weighted by Crippen LogP contribution is -2.33. The fraction of sp³-hybridized carbons (Fsp3) is 0.455. The third kappa shape index (κ3) is 2.83. The Morgan fingerprint density at radius 2 is 2.27 bits per heavy atom. The highest BCUT2D eigenvalue weighted by Crippen LogP contribution is 2.11. The molecule has 0 aromatic carbocycles. The lowest BCUT2D eigenvalue weighted by atomic mass is 9.94. The van der Waals surface area contributed by atoms with Crippen LogP contribution in [0.1, 0.15) is 30.8 Å². The highest BCUT2D eigenvalue weighted by molar-refractivity contribution is 5.96. The summed E-state index contributed by atoms with van der Waals surface area (Å²) in [5.74, 6) is -0.865. The van der Waals surface area contributed by atoms with Crippen molar-refractivity contribution in [2.75, 3.05) is 0 Å². The van der Waals surface area contributed by atoms with Gasteiger partial charge in [0.05, 0.1) is 6.20 Å². The van der Waals surface area contributed by atoms with Crippen molar-refractivity contribution in [1.29, 1.82) is 0 Å². The first-order valence-corrected chi connectivity index (χ1v) is 4.97. The Bertz CT molecular complexity index is 337. The average Bonchev–Trinajstić information content (AvgIpc) is 2.27. The van der Waals surface area contributed by atoms with E-state index in [1.54, 1.807) is 6.92 Å². The Morgan fingerprint density at radius 1 is 1.60 bits per heavy atom. The Labute approximate surface area is 88.5 Å². The maximum atomic E-state index is 12.6. The molecule has 15 heavy (non-hydrogen) atoms. The fourth-order valence-electron chi connectivity index (χ4n) is 1.30. The summed E-state index contributed by atoms with van der Waals surface area (Å²) in [7, 11) is 0. The SMILES string of the molecule is CCC(N)C(C)C(=O)c1ccc(F)cn1. The van der Waals surface area contributed by atoms with Crippen LogP contribution in [0.5, 0.6) is 0 Å². The molecule has 0 bridgehead atoms. The fourth-order valence-corrected chi connectivity index (χ4v) is 1.30. The molecule has 1 aromatic rings. The second-order valence-electron chi connectivity index (χ2n) is 3.59. The molecule has 0 aliphatic heterocycles. The zero-order valence-electron chi connectivity index (χ0n) is 8.90. The van der Waals surface area contributed by atoms with Crippen LogP contribution in [0.3, 0.4) is 0 Å². The van der Waals surface area contributed by atoms with Gasteiger partial charge < -0.3 is 5.73 Å². The van der Waals surface area contributed by atoms with Crippen LogP contribution in [0.4, 0.5) is 4.39 Å². The van der Waals surface area contributed by atoms with Gasteiger partial charge in [-0.15, -0.1) is 0 Å². The van der Waals surface area contributed by atoms with Crippen molar-refractivity contribution in [2.45, 2.75) is 26.3 Å². The molecular formula is C11H15FN2O. The normalized spacial score (nSPS) is 14.7. The number of hydrogen-bond acceptors (Lipinski definition) is 3. The molecule has 0 amide bonds. The maximum Gasteiger partial charge on any atom is 0.185 e. The first kappa shape index (κ1) is 11.8. The summed E-state index contributed by atoms with van der Waals surface area (Å²) in [6.45, 7) is 3.69. The van der Waals surface area contributed by atoms with Crippen molar-refractivity contribution in [3.8, 4) is 0 Å². The molecule has 3 nitrogen and oxygen atoms in total. The van der Waals surface area contributed by atoms with Crippen molar-refractivity contribution >= 4 is 5.78 Å². The van der Waals surface area contributed by atoms with Gasteiger partial charge in [-0.25, -0.2) is 4.39 Å². The van der Waals surface area contributed by atoms with Crippen LogP contribution in [0.25, 0.3) is 0 Å². The summed E-state index contributed by atoms with van der Waals surface area (Å²) in [4.78, 5) is 15.5. The zero-order valence-corrected chi connectivity index (χ0v) is 8.90. The predicted molar refractivity (Wildman–Crippen MR) is 56.0 cm³/mol. The predicted octanol–water partition coefficient (Wildman–Crippen LogP) is 1.78. The third-order valence-corrected chi connectivity index (χ3v) is 2.51. The van der Waals surface area contributed by atoms with Gasteiger partial charge in [0, 0.05) is 12.0 Å². The summed E-state index contributed by atoms with van der Waals surface area (Å²) in [5, 5.41) is 0. The smallest absolute Gasteiger partial charge is 0.185 e. The van der Waals surface area contributed by atoms with E-state index in [1.165, 1.54) is 12.1 Å². The number of nitrogens with two attached hydrogens (primary N) is 1. The third-order valence-electron chi connectivity index (χ3n) is 2.51. The van der Waals surface area contributed by atoms with E-state index in [4.69, 9.17) is 5.73 Å². The largest absolute Gasteiger partial charge is 0.327 e. The number of ketones is 1. The lowest BCUT2D eigenvalue weighted by Gasteiger charge is -2.16. The van der Waals surface area contributed by atoms with Gasteiger partial charge in [0.25, 0.3) is 0 Å². The quantitative estimate of drug-likeness (QED) is 0.770. The molecule has 4 heteroatoms. The highest BCUT2D eigenvalue weighted by Gasteiger charge is 2.21. The molecule has 2 N–H and O–H groups in total. The van der Waals surface area contributed by atoms with E-state index in [9.17, 15) is 9.18 Å². The minimum Gasteiger partial charge on any atom is -0.327 e. The molecule has 2 atom stereocenters. The molecule has 0 aliphatic carbocycles. The van der Waals surface area contributed by atoms with Gasteiger partial charge in [0.15, 0.2) is 5.78 Å². The molecule has 2 unspecified atom stereocenters. The second-order valence-corrected chi connectivity index (χ2v) is 3.59. The van der Waals surface area contributed by atoms with Crippen LogP contribution in [0.15, 0.2) is 18.3 Å². The van der Waals surface area contributed by atoms with Crippen LogP contribution in [-0.4, -0.2) is 16.8 Å². The molecule has 1 aromatic heterocycles. The minimum absolute atomic E-state index is 0.135. The average molecular weight is 210 g/mol. The Morgan fingerprint density at radius 3 is 2.73 bits per heavy atom. The number of aromatic nitrogens is 1. The topological polar surface area (TPSA) is 56.0 Å². The van der Waals surface area contributed by atoms with E-state index in [2.05, 4.69) is 4.98 Å². The standard InChI is InChI=1S/C11H15FN2O/c1-3-9(13)7(2)11(15)10-5-4-8(12)6-14-10/h4-7,9H,3,13H2,1-2H3. The van der Waals surface area contributed by atoms with Crippen molar-refractivity contribution in [3.63, 3.8) is 0 Å². The van der Waals surface area contributed by atoms with Gasteiger partial charge in [-0.3, -0.25) is 9.78 Å². The molecule has 0 aliphatic rings. The Hall–Kier alpha value is -1.29. The number of carbonyl (C=O) groups excluding carboxylic acids is 1. The molecule has 82 valence electrons. The molecule has 0 radical (unpaired) electrons. The molecule has 1 rings (SSSR count). The first-order valence-electron chi connectivity index (χ1n) is 4.97. The molecule has 0 saturated heterocycles. The molecular weight excluding hydrogens is 195 g/mol. The number of rotatable bonds is 4. The van der Waals surface area contributed by atoms with E-state index in [-0.39, 0.29) is 23.4 Å². The minimum atomic E-state index is -0.445. The van der Waals surface area contributed by atoms with E-state index in [0.29, 0.717) is 0 Å². The van der Waals surface area contributed by atoms with E-state index in [0.717, 1.165) is 12.6 Å². The lowest BCUT2D eigenvalue weighted by molar-refractivity contribution is 0.0906. The van der Waals surface area contributed by atoms with Crippen molar-refractivity contribution in [2.24, 2.45) is 11.7 Å². The summed E-state index contributed by atoms with van der Waals surface area (Å²) >= 11 is 0. The number of nitrogens with zero attached hydrogens (tertiary/aromatic N) is 1. The van der Waals surface area contributed by atoms with E-state index in [1.807, 2.05) is 6.92 Å². The van der Waals surface area contributed by atoms with Crippen molar-refractivity contribution in [3.05, 3.63) is 29.8 Å². The van der Waals surface area contributed by atoms with Gasteiger partial charge in [0.2, 0.25) is 0 Å². The Kier molecular flexibility index (Phi) is 3.91. The van der Waals surface area contributed by atoms with Crippen LogP contribution in [-0.2, 0) is 0 Å². The van der Waals surface area contributed by atoms with E-state index < -0.39 is 5.82 Å². The van der Waals surface area contributed by atoms with Crippen molar-refractivity contribution < 1.29 is 9.18 Å². The molecule has 1 heterocycles. The zero-order chi connectivity index (χ0) is 11.4. The summed E-state index contributed by atoms with van der Waals surface area (Å²) < 4.78 is 12.6. The van der Waals surface area contributed by atoms with Crippen molar-refractivity contribution in [1.82, 2.24) is 4.98 Å². The van der Waals surface area contributed by atoms with Gasteiger partial charge in [-0.05, 0) is 18.6 Å². The van der Waals surface area contributed by atoms with Crippen LogP contribution >= 0.6 is 0 Å². The number of pyridine rings is 1. The van der Waals surface area contributed by atoms with Gasteiger partial charge in [0.1, 0.15) is 11.5 Å². The molecule has 0 fully saturated rings. The molecule has 0 saturated carbocycles. The number of Topliss-reactive ketones (excluding diaryl/α,β-unsaturated/α-hetero) is 1. The van der Waals surface area contributed by atoms with Crippen LogP contribution < -0.4 is 5.73 Å². The van der Waals surface area contributed by atoms with Gasteiger partial charge in [-0.2, -0.15) is 0 Å². The summed E-state index contributed by atoms with van der Waals surface area (Å²) in [5.41, 5.74) is 6.03. The first-order chi connectivity index (χ1) is 7.06. The number of carbonyl (C=O) groups is 1. The van der Waals surface area contributed by atoms with Crippen LogP contribution in [0.2, 0.25) is 0 Å². The van der Waals surface area contributed by atoms with Gasteiger partial charge >= 0.3 is 0 Å². The molecule has 0 spiro atoms.